The van der Waals surface area contributed by atoms with Crippen LogP contribution in [0.25, 0.3) is 6.08 Å². The van der Waals surface area contributed by atoms with E-state index in [0.29, 0.717) is 25.5 Å². The number of methoxy groups -OCH3 is 1. The summed E-state index contributed by atoms with van der Waals surface area (Å²) in [6.45, 7) is 0.836. The van der Waals surface area contributed by atoms with Gasteiger partial charge in [0.2, 0.25) is 5.91 Å². The second-order valence-electron chi connectivity index (χ2n) is 6.45. The van der Waals surface area contributed by atoms with E-state index in [1.807, 2.05) is 54.6 Å². The van der Waals surface area contributed by atoms with Crippen LogP contribution < -0.4 is 10.1 Å². The lowest BCUT2D eigenvalue weighted by atomic mass is 10.2. The summed E-state index contributed by atoms with van der Waals surface area (Å²) in [5.74, 6) is -0.177. The largest absolute Gasteiger partial charge is 0.489 e. The van der Waals surface area contributed by atoms with Gasteiger partial charge in [0.15, 0.2) is 0 Å². The van der Waals surface area contributed by atoms with Crippen molar-refractivity contribution < 1.29 is 23.9 Å². The molecule has 0 atom stereocenters. The van der Waals surface area contributed by atoms with Crippen LogP contribution in [0.15, 0.2) is 59.5 Å². The lowest BCUT2D eigenvalue weighted by Gasteiger charge is -2.12. The standard InChI is InChI=1S/C22H22N2O5S/c1-28-12-11-23-20(25)14-24-21(26)19(30-22(24)27)13-16-7-9-18(10-8-16)29-15-17-5-3-2-4-6-17/h2-10,13H,11-12,14-15H2,1H3,(H,23,25)/b19-13-. The number of thioether (sulfide) groups is 1. The van der Waals surface area contributed by atoms with E-state index in [-0.39, 0.29) is 11.4 Å². The molecule has 2 aromatic rings. The van der Waals surface area contributed by atoms with Crippen molar-refractivity contribution in [3.05, 3.63) is 70.6 Å². The highest BCUT2D eigenvalue weighted by atomic mass is 32.2. The number of carbonyl (C=O) groups excluding carboxylic acids is 3. The van der Waals surface area contributed by atoms with Gasteiger partial charge in [-0.25, -0.2) is 0 Å². The lowest BCUT2D eigenvalue weighted by Crippen LogP contribution is -2.40. The number of carbonyl (C=O) groups is 3. The van der Waals surface area contributed by atoms with Crippen molar-refractivity contribution >= 4 is 34.9 Å². The molecule has 1 N–H and O–H groups in total. The topological polar surface area (TPSA) is 84.9 Å². The molecule has 1 heterocycles. The van der Waals surface area contributed by atoms with Crippen molar-refractivity contribution in [2.24, 2.45) is 0 Å². The highest BCUT2D eigenvalue weighted by Gasteiger charge is 2.36. The molecule has 1 fully saturated rings. The first kappa shape index (κ1) is 21.6. The summed E-state index contributed by atoms with van der Waals surface area (Å²) in [6.07, 6.45) is 1.63. The first-order valence-electron chi connectivity index (χ1n) is 9.34. The number of nitrogens with zero attached hydrogens (tertiary/aromatic N) is 1. The first-order valence-corrected chi connectivity index (χ1v) is 10.2. The maximum atomic E-state index is 12.5. The minimum absolute atomic E-state index is 0.280. The molecule has 0 unspecified atom stereocenters. The van der Waals surface area contributed by atoms with Crippen LogP contribution in [0.4, 0.5) is 4.79 Å². The Hall–Kier alpha value is -3.10. The van der Waals surface area contributed by atoms with Crippen LogP contribution >= 0.6 is 11.8 Å². The monoisotopic (exact) mass is 426 g/mol. The average Bonchev–Trinajstić information content (AvgIpc) is 3.01. The van der Waals surface area contributed by atoms with Gasteiger partial charge >= 0.3 is 0 Å². The van der Waals surface area contributed by atoms with E-state index in [1.165, 1.54) is 7.11 Å². The van der Waals surface area contributed by atoms with Gasteiger partial charge in [-0.1, -0.05) is 42.5 Å². The zero-order valence-electron chi connectivity index (χ0n) is 16.5. The Morgan fingerprint density at radius 1 is 1.10 bits per heavy atom. The van der Waals surface area contributed by atoms with E-state index in [2.05, 4.69) is 5.32 Å². The number of amides is 3. The van der Waals surface area contributed by atoms with Crippen LogP contribution in [-0.2, 0) is 20.9 Å². The molecule has 1 saturated heterocycles. The molecule has 8 heteroatoms. The molecule has 3 rings (SSSR count). The molecule has 1 aliphatic heterocycles. The van der Waals surface area contributed by atoms with E-state index >= 15 is 0 Å². The number of hydrogen-bond donors (Lipinski definition) is 1. The normalized spacial score (nSPS) is 15.0. The number of benzene rings is 2. The smallest absolute Gasteiger partial charge is 0.294 e. The Balaban J connectivity index is 1.57. The summed E-state index contributed by atoms with van der Waals surface area (Å²) in [5, 5.41) is 2.13. The van der Waals surface area contributed by atoms with Gasteiger partial charge in [0.25, 0.3) is 11.1 Å². The fourth-order valence-electron chi connectivity index (χ4n) is 2.68. The Labute approximate surface area is 179 Å². The van der Waals surface area contributed by atoms with E-state index in [9.17, 15) is 14.4 Å². The van der Waals surface area contributed by atoms with Crippen molar-refractivity contribution in [2.75, 3.05) is 26.8 Å². The zero-order valence-corrected chi connectivity index (χ0v) is 17.3. The molecular weight excluding hydrogens is 404 g/mol. The van der Waals surface area contributed by atoms with Gasteiger partial charge < -0.3 is 14.8 Å². The minimum atomic E-state index is -0.476. The molecule has 0 radical (unpaired) electrons. The van der Waals surface area contributed by atoms with Gasteiger partial charge in [-0.05, 0) is 41.1 Å². The van der Waals surface area contributed by atoms with Crippen molar-refractivity contribution in [2.45, 2.75) is 6.61 Å². The number of rotatable bonds is 9. The summed E-state index contributed by atoms with van der Waals surface area (Å²) in [6, 6.07) is 17.1. The highest BCUT2D eigenvalue weighted by Crippen LogP contribution is 2.32. The number of ether oxygens (including phenoxy) is 2. The third kappa shape index (κ3) is 5.95. The number of imide groups is 1. The highest BCUT2D eigenvalue weighted by molar-refractivity contribution is 8.18. The molecule has 30 heavy (non-hydrogen) atoms. The summed E-state index contributed by atoms with van der Waals surface area (Å²) in [5.41, 5.74) is 1.83. The SMILES string of the molecule is COCCNC(=O)CN1C(=O)S/C(=C\c2ccc(OCc3ccccc3)cc2)C1=O. The predicted octanol–water partition coefficient (Wildman–Crippen LogP) is 3.06. The van der Waals surface area contributed by atoms with Gasteiger partial charge in [-0.2, -0.15) is 0 Å². The van der Waals surface area contributed by atoms with Gasteiger partial charge in [0, 0.05) is 13.7 Å². The Morgan fingerprint density at radius 3 is 2.53 bits per heavy atom. The van der Waals surface area contributed by atoms with Crippen molar-refractivity contribution in [1.82, 2.24) is 10.2 Å². The fourth-order valence-corrected chi connectivity index (χ4v) is 3.52. The van der Waals surface area contributed by atoms with Crippen LogP contribution in [0, 0.1) is 0 Å². The van der Waals surface area contributed by atoms with Gasteiger partial charge in [0.05, 0.1) is 11.5 Å². The fraction of sp³-hybridized carbons (Fsp3) is 0.227. The minimum Gasteiger partial charge on any atom is -0.489 e. The molecule has 0 aliphatic carbocycles. The van der Waals surface area contributed by atoms with Crippen LogP contribution in [0.5, 0.6) is 5.75 Å². The average molecular weight is 426 g/mol. The molecule has 0 saturated carbocycles. The third-order valence-electron chi connectivity index (χ3n) is 4.23. The molecule has 0 bridgehead atoms. The summed E-state index contributed by atoms with van der Waals surface area (Å²) < 4.78 is 10.6. The predicted molar refractivity (Wildman–Crippen MR) is 115 cm³/mol. The molecule has 156 valence electrons. The van der Waals surface area contributed by atoms with E-state index in [1.54, 1.807) is 6.08 Å². The van der Waals surface area contributed by atoms with Crippen LogP contribution in [0.2, 0.25) is 0 Å². The molecule has 3 amide bonds. The van der Waals surface area contributed by atoms with Crippen LogP contribution in [0.3, 0.4) is 0 Å². The lowest BCUT2D eigenvalue weighted by molar-refractivity contribution is -0.129. The van der Waals surface area contributed by atoms with Crippen LogP contribution in [-0.4, -0.2) is 48.8 Å². The van der Waals surface area contributed by atoms with Crippen molar-refractivity contribution in [3.8, 4) is 5.75 Å². The first-order chi connectivity index (χ1) is 14.6. The zero-order chi connectivity index (χ0) is 21.3. The summed E-state index contributed by atoms with van der Waals surface area (Å²) in [7, 11) is 1.52. The van der Waals surface area contributed by atoms with Gasteiger partial charge in [-0.15, -0.1) is 0 Å². The summed E-state index contributed by atoms with van der Waals surface area (Å²) in [4.78, 5) is 37.7. The maximum Gasteiger partial charge on any atom is 0.294 e. The van der Waals surface area contributed by atoms with E-state index < -0.39 is 17.1 Å². The second-order valence-corrected chi connectivity index (χ2v) is 7.45. The molecular formula is C22H22N2O5S. The molecule has 2 aromatic carbocycles. The van der Waals surface area contributed by atoms with Gasteiger partial charge in [-0.3, -0.25) is 19.3 Å². The molecule has 1 aliphatic rings. The third-order valence-corrected chi connectivity index (χ3v) is 5.14. The Morgan fingerprint density at radius 2 is 1.83 bits per heavy atom. The molecule has 0 spiro atoms. The second kappa shape index (κ2) is 10.6. The molecule has 7 nitrogen and oxygen atoms in total. The Bertz CT molecular complexity index is 928. The molecule has 0 aromatic heterocycles. The number of nitrogens with one attached hydrogen (secondary N) is 1. The van der Waals surface area contributed by atoms with Crippen molar-refractivity contribution in [3.63, 3.8) is 0 Å². The van der Waals surface area contributed by atoms with Crippen molar-refractivity contribution in [1.29, 1.82) is 0 Å². The van der Waals surface area contributed by atoms with E-state index in [4.69, 9.17) is 9.47 Å². The Kier molecular flexibility index (Phi) is 7.64. The summed E-state index contributed by atoms with van der Waals surface area (Å²) >= 11 is 0.821. The van der Waals surface area contributed by atoms with Crippen LogP contribution in [0.1, 0.15) is 11.1 Å². The quantitative estimate of drug-likeness (QED) is 0.490. The maximum absolute atomic E-state index is 12.5. The van der Waals surface area contributed by atoms with Gasteiger partial charge in [0.1, 0.15) is 18.9 Å². The number of hydrogen-bond acceptors (Lipinski definition) is 6. The van der Waals surface area contributed by atoms with E-state index in [0.717, 1.165) is 27.8 Å².